The van der Waals surface area contributed by atoms with Crippen LogP contribution in [0.25, 0.3) is 22.3 Å². The molecule has 5 aromatic carbocycles. The molecule has 0 radical (unpaired) electrons. The monoisotopic (exact) mass is 1400 g/mol. The van der Waals surface area contributed by atoms with Crippen molar-refractivity contribution < 1.29 is 158 Å². The van der Waals surface area contributed by atoms with Gasteiger partial charge < -0.3 is 107 Å². The summed E-state index contributed by atoms with van der Waals surface area (Å²) in [4.78, 5) is 101. The molecule has 27 nitrogen and oxygen atoms in total. The summed E-state index contributed by atoms with van der Waals surface area (Å²) < 4.78 is 23.1. The Kier molecular flexibility index (Phi) is 35.5. The summed E-state index contributed by atoms with van der Waals surface area (Å²) >= 11 is 2.71. The smallest absolute Gasteiger partial charge is 0.870 e. The Hall–Kier alpha value is -5.72. The number of carbonyl (C=O) groups excluding carboxylic acids is 8. The van der Waals surface area contributed by atoms with Gasteiger partial charge in [-0.25, -0.2) is 6.29 Å². The van der Waals surface area contributed by atoms with E-state index < -0.39 is 140 Å². The van der Waals surface area contributed by atoms with Crippen LogP contribution in [0.3, 0.4) is 0 Å². The number of aliphatic carboxylic acids is 1. The third-order valence-corrected chi connectivity index (χ3v) is 17.6. The van der Waals surface area contributed by atoms with Gasteiger partial charge in [0.1, 0.15) is 30.4 Å². The quantitative estimate of drug-likeness (QED) is 0.0104. The predicted molar refractivity (Wildman–Crippen MR) is 348 cm³/mol. The molecule has 0 aromatic heterocycles. The molecule has 0 bridgehead atoms. The number of aliphatic hydroxyl groups is 6. The molecule has 0 saturated carbocycles. The minimum Gasteiger partial charge on any atom is -0.870 e. The average Bonchev–Trinajstić information content (AvgIpc) is 0.779. The molecule has 5 aromatic rings. The van der Waals surface area contributed by atoms with E-state index in [-0.39, 0.29) is 108 Å². The molecule has 7 rings (SSSR count). The van der Waals surface area contributed by atoms with Crippen LogP contribution in [0.1, 0.15) is 70.6 Å². The molecule has 31 heteroatoms. The zero-order chi connectivity index (χ0) is 68.0. The molecular weight excluding hydrogens is 1320 g/mol. The third-order valence-electron chi connectivity index (χ3n) is 15.4. The number of ether oxygens (including phenoxy) is 4. The minimum absolute atomic E-state index is 0. The van der Waals surface area contributed by atoms with E-state index in [1.165, 1.54) is 54.7 Å². The van der Waals surface area contributed by atoms with Gasteiger partial charge in [-0.3, -0.25) is 28.8 Å². The zero-order valence-electron chi connectivity index (χ0n) is 54.1. The van der Waals surface area contributed by atoms with Crippen molar-refractivity contribution in [2.45, 2.75) is 118 Å². The van der Waals surface area contributed by atoms with Crippen LogP contribution in [-0.4, -0.2) is 218 Å². The van der Waals surface area contributed by atoms with Crippen LogP contribution in [-0.2, 0) is 42.9 Å². The summed E-state index contributed by atoms with van der Waals surface area (Å²) in [5, 5.41) is 95.0. The van der Waals surface area contributed by atoms with Crippen molar-refractivity contribution in [2.75, 3.05) is 61.2 Å². The second kappa shape index (κ2) is 41.1. The molecule has 1 unspecified atom stereocenters. The average molecular weight is 1400 g/mol. The van der Waals surface area contributed by atoms with Crippen molar-refractivity contribution in [1.29, 1.82) is 0 Å². The fraction of sp³-hybridized carbons (Fsp3) is 0.424. The first kappa shape index (κ1) is 83.7. The van der Waals surface area contributed by atoms with E-state index >= 15 is 0 Å². The fourth-order valence-corrected chi connectivity index (χ4v) is 12.1. The van der Waals surface area contributed by atoms with E-state index in [1.807, 2.05) is 60.7 Å². The van der Waals surface area contributed by atoms with Crippen LogP contribution < -0.4 is 102 Å². The maximum atomic E-state index is 13.0. The van der Waals surface area contributed by atoms with Gasteiger partial charge in [-0.1, -0.05) is 84.9 Å². The summed E-state index contributed by atoms with van der Waals surface area (Å²) in [6, 6.07) is 34.8. The van der Waals surface area contributed by atoms with Crippen molar-refractivity contribution in [3.8, 4) is 22.3 Å². The molecule has 97 heavy (non-hydrogen) atoms. The predicted octanol–water partition coefficient (Wildman–Crippen LogP) is -6.01. The molecule has 2 saturated heterocycles. The summed E-state index contributed by atoms with van der Waals surface area (Å²) in [6.45, 7) is 1.25. The van der Waals surface area contributed by atoms with Crippen LogP contribution in [0.15, 0.2) is 133 Å². The van der Waals surface area contributed by atoms with Gasteiger partial charge >= 0.3 is 59.1 Å². The summed E-state index contributed by atoms with van der Waals surface area (Å²) in [7, 11) is 0. The van der Waals surface area contributed by atoms with Gasteiger partial charge in [-0.05, 0) is 95.1 Å². The number of anilines is 1. The van der Waals surface area contributed by atoms with E-state index in [9.17, 15) is 74.1 Å². The first-order valence-corrected chi connectivity index (χ1v) is 32.7. The van der Waals surface area contributed by atoms with Crippen molar-refractivity contribution in [1.82, 2.24) is 26.6 Å². The van der Waals surface area contributed by atoms with Crippen LogP contribution in [0.4, 0.5) is 5.69 Å². The van der Waals surface area contributed by atoms with Crippen LogP contribution >= 0.6 is 23.5 Å². The topological polar surface area (TPSA) is 446 Å². The van der Waals surface area contributed by atoms with Gasteiger partial charge in [-0.15, -0.1) is 0 Å². The van der Waals surface area contributed by atoms with Crippen molar-refractivity contribution in [2.24, 2.45) is 5.73 Å². The zero-order valence-corrected chi connectivity index (χ0v) is 59.7. The second-order valence-electron chi connectivity index (χ2n) is 22.5. The first-order valence-electron chi connectivity index (χ1n) is 30.4. The number of rotatable bonds is 34. The first-order chi connectivity index (χ1) is 45.0. The number of hydrogen-bond donors (Lipinski definition) is 13. The Balaban J connectivity index is 0.00000667. The molecule has 2 aliphatic rings. The van der Waals surface area contributed by atoms with Gasteiger partial charge in [0.05, 0.1) is 54.9 Å². The number of nitrogens with one attached hydrogen (secondary N) is 6. The molecule has 2 fully saturated rings. The van der Waals surface area contributed by atoms with Crippen molar-refractivity contribution >= 4 is 76.9 Å². The van der Waals surface area contributed by atoms with Crippen LogP contribution in [0, 0.1) is 0 Å². The van der Waals surface area contributed by atoms with E-state index in [0.29, 0.717) is 40.5 Å². The van der Waals surface area contributed by atoms with E-state index in [2.05, 4.69) is 31.9 Å². The number of carbonyl (C=O) groups is 7. The van der Waals surface area contributed by atoms with Gasteiger partial charge in [0.2, 0.25) is 23.5 Å². The molecule has 13 atom stereocenters. The number of hydrogen-bond acceptors (Lipinski definition) is 23. The number of thioether (sulfide) groups is 2. The molecule has 6 amide bonds. The number of nitrogens with two attached hydrogens (primary N) is 1. The molecule has 2 aliphatic heterocycles. The van der Waals surface area contributed by atoms with Gasteiger partial charge in [-0.2, -0.15) is 23.5 Å². The Morgan fingerprint density at radius 1 is 0.598 bits per heavy atom. The molecule has 2 heterocycles. The Bertz CT molecular complexity index is 3330. The molecular formula is C66H80N7Na2O20S2-. The summed E-state index contributed by atoms with van der Waals surface area (Å²) in [6.07, 6.45) is -12.7. The van der Waals surface area contributed by atoms with Gasteiger partial charge in [0.25, 0.3) is 17.7 Å². The standard InChI is InChI=1S/C66H80N7O19S2.2Na.H2O/c1-39(75)71-54-50(77)33-65(38-74,91-58(54)56(81)52(79)35-69-61(84)45-19-15-43(16-20-45)41-11-5-3-6-12-41)89-28-9-30-93-32-27-68-60(83)47-23-25-48(26-24-47)73-63(86)49(67)37-94-31-10-29-90-66(64(87)88)34-51(78)55(72-40(2)76)59(92-66)57(82)53(80)36-70-62(85)46-21-17-44(18-22-46)42-13-7-4-8-14-42;;;/h3-8,11-26,49-59,77-82H,9-10,27-37,67H2,1-2H3,(H,68,83)(H,69,84)(H,70,85)(H,71,75)(H,72,76)(H,73,86)(H,87,88);;;1H2/q-1;2*+1;/p-2/t49?,50-,51-,52+,53+,54+,55+,56+,57+,58+,59+,65+,66+;;;/m0.../s1. The minimum atomic E-state index is -2.63. The van der Waals surface area contributed by atoms with Crippen LogP contribution in [0.2, 0.25) is 0 Å². The Morgan fingerprint density at radius 2 is 1.02 bits per heavy atom. The third kappa shape index (κ3) is 24.6. The van der Waals surface area contributed by atoms with E-state index in [1.54, 1.807) is 54.8 Å². The maximum Gasteiger partial charge on any atom is 1.00 e. The number of carboxylic acids is 1. The second-order valence-corrected chi connectivity index (χ2v) is 24.9. The summed E-state index contributed by atoms with van der Waals surface area (Å²) in [5.74, 6) is -8.57. The molecule has 0 aliphatic carbocycles. The normalized spacial score (nSPS) is 21.9. The van der Waals surface area contributed by atoms with Crippen molar-refractivity contribution in [3.05, 3.63) is 150 Å². The molecule has 514 valence electrons. The Labute approximate surface area is 613 Å². The number of benzene rings is 5. The van der Waals surface area contributed by atoms with Crippen LogP contribution in [0.5, 0.6) is 0 Å². The van der Waals surface area contributed by atoms with Crippen molar-refractivity contribution in [3.63, 3.8) is 0 Å². The van der Waals surface area contributed by atoms with E-state index in [0.717, 1.165) is 29.2 Å². The SMILES string of the molecule is CC(=O)N[C@H]1[C@H]([C@H](O)[C@H](O)CNC(=O)c2ccc(-c3ccccc3)cc2)O[C@]([C-]=O)(OCCCSCCNC(=O)c2ccc(NC(=O)C(N)CSCCCO[C@]3(C(=O)[O-])C[C@H](O)[C@@H](NC(C)=O)[C@H]([C@H](O)[C@H](O)CNC(=O)c4ccc(-c5ccccc5)cc4)O3)cc2)C[C@@H]1O.[Na+].[Na+].[OH-]. The maximum absolute atomic E-state index is 13.0. The summed E-state index contributed by atoms with van der Waals surface area (Å²) in [5.41, 5.74) is 11.0. The van der Waals surface area contributed by atoms with Gasteiger partial charge in [0, 0.05) is 86.8 Å². The molecule has 0 spiro atoms. The van der Waals surface area contributed by atoms with E-state index in [4.69, 9.17) is 24.7 Å². The number of aliphatic hydroxyl groups excluding tert-OH is 6. The number of carboxylic acid groups (broad SMARTS) is 1. The Morgan fingerprint density at radius 3 is 1.48 bits per heavy atom. The largest absolute Gasteiger partial charge is 1.00 e. The molecule has 15 N–H and O–H groups in total. The fourth-order valence-electron chi connectivity index (χ4n) is 10.4. The number of amides is 6. The van der Waals surface area contributed by atoms with Gasteiger partial charge in [0.15, 0.2) is 0 Å².